The lowest BCUT2D eigenvalue weighted by Crippen LogP contribution is -2.61. The van der Waals surface area contributed by atoms with Gasteiger partial charge in [0, 0.05) is 12.5 Å². The number of alkyl carbamates (subject to hydrolysis) is 1. The fraction of sp³-hybridized carbons (Fsp3) is 0.364. The van der Waals surface area contributed by atoms with E-state index in [9.17, 15) is 24.9 Å². The number of carbonyl (C=O) groups excluding carboxylic acids is 1. The minimum absolute atomic E-state index is 0.0903. The molecule has 2 unspecified atom stereocenters. The number of carboxylic acids is 1. The summed E-state index contributed by atoms with van der Waals surface area (Å²) in [7, 11) is 0. The zero-order valence-corrected chi connectivity index (χ0v) is 16.4. The summed E-state index contributed by atoms with van der Waals surface area (Å²) < 4.78 is 10.5. The van der Waals surface area contributed by atoms with Crippen LogP contribution in [0.1, 0.15) is 17.0 Å². The molecule has 5 N–H and O–H groups in total. The third-order valence-electron chi connectivity index (χ3n) is 5.75. The molecule has 1 saturated heterocycles. The van der Waals surface area contributed by atoms with Gasteiger partial charge in [-0.2, -0.15) is 0 Å². The molecule has 9 heteroatoms. The molecule has 1 fully saturated rings. The zero-order valence-electron chi connectivity index (χ0n) is 16.4. The van der Waals surface area contributed by atoms with Gasteiger partial charge in [0.25, 0.3) is 0 Å². The van der Waals surface area contributed by atoms with Gasteiger partial charge < -0.3 is 35.2 Å². The van der Waals surface area contributed by atoms with Gasteiger partial charge in [-0.3, -0.25) is 0 Å². The molecule has 1 aliphatic carbocycles. The van der Waals surface area contributed by atoms with Crippen molar-refractivity contribution in [1.82, 2.24) is 5.32 Å². The van der Waals surface area contributed by atoms with E-state index in [1.54, 1.807) is 0 Å². The number of carboxylic acid groups (broad SMARTS) is 1. The van der Waals surface area contributed by atoms with Crippen molar-refractivity contribution in [2.24, 2.45) is 0 Å². The largest absolute Gasteiger partial charge is 0.479 e. The van der Waals surface area contributed by atoms with Crippen LogP contribution in [0.15, 0.2) is 48.5 Å². The van der Waals surface area contributed by atoms with Gasteiger partial charge in [-0.1, -0.05) is 48.5 Å². The summed E-state index contributed by atoms with van der Waals surface area (Å²) in [6, 6.07) is 15.8. The number of aliphatic carboxylic acids is 1. The molecule has 5 atom stereocenters. The summed E-state index contributed by atoms with van der Waals surface area (Å²) in [6.45, 7) is -0.210. The number of hydrogen-bond acceptors (Lipinski definition) is 7. The highest BCUT2D eigenvalue weighted by atomic mass is 16.6. The van der Waals surface area contributed by atoms with E-state index in [1.165, 1.54) is 0 Å². The summed E-state index contributed by atoms with van der Waals surface area (Å²) >= 11 is 0. The van der Waals surface area contributed by atoms with E-state index < -0.39 is 42.6 Å². The maximum absolute atomic E-state index is 12.2. The number of hydrogen-bond donors (Lipinski definition) is 5. The highest BCUT2D eigenvalue weighted by molar-refractivity contribution is 5.79. The fourth-order valence-corrected chi connectivity index (χ4v) is 4.16. The lowest BCUT2D eigenvalue weighted by molar-refractivity contribution is -0.226. The molecule has 2 aromatic rings. The van der Waals surface area contributed by atoms with Crippen molar-refractivity contribution in [3.8, 4) is 11.1 Å². The van der Waals surface area contributed by atoms with Crippen molar-refractivity contribution >= 4 is 12.1 Å². The van der Waals surface area contributed by atoms with E-state index in [0.29, 0.717) is 0 Å². The number of carbonyl (C=O) groups is 2. The monoisotopic (exact) mass is 429 g/mol. The molecule has 0 bridgehead atoms. The minimum atomic E-state index is -1.78. The second kappa shape index (κ2) is 8.64. The van der Waals surface area contributed by atoms with Gasteiger partial charge in [0.15, 0.2) is 6.10 Å². The highest BCUT2D eigenvalue weighted by Gasteiger charge is 2.46. The molecular weight excluding hydrogens is 406 g/mol. The minimum Gasteiger partial charge on any atom is -0.479 e. The molecule has 1 amide bonds. The molecule has 4 rings (SSSR count). The summed E-state index contributed by atoms with van der Waals surface area (Å²) in [5.74, 6) is -1.60. The number of aliphatic hydroxyl groups is 3. The van der Waals surface area contributed by atoms with Crippen molar-refractivity contribution in [3.63, 3.8) is 0 Å². The Morgan fingerprint density at radius 1 is 0.903 bits per heavy atom. The van der Waals surface area contributed by atoms with Crippen LogP contribution in [-0.4, -0.2) is 76.2 Å². The molecule has 1 aliphatic heterocycles. The fourth-order valence-electron chi connectivity index (χ4n) is 4.16. The van der Waals surface area contributed by atoms with Crippen molar-refractivity contribution in [2.75, 3.05) is 13.2 Å². The molecular formula is C22H23NO8. The molecule has 164 valence electrons. The van der Waals surface area contributed by atoms with Crippen LogP contribution in [0.2, 0.25) is 0 Å². The van der Waals surface area contributed by atoms with Gasteiger partial charge in [0.05, 0.1) is 0 Å². The Morgan fingerprint density at radius 2 is 1.48 bits per heavy atom. The molecule has 2 aliphatic rings. The van der Waals surface area contributed by atoms with Crippen molar-refractivity contribution < 1.29 is 39.5 Å². The third-order valence-corrected chi connectivity index (χ3v) is 5.75. The summed E-state index contributed by atoms with van der Waals surface area (Å²) in [6.07, 6.45) is -8.78. The molecule has 0 saturated carbocycles. The van der Waals surface area contributed by atoms with Gasteiger partial charge in [0.1, 0.15) is 31.0 Å². The summed E-state index contributed by atoms with van der Waals surface area (Å²) in [5, 5.41) is 41.1. The number of fused-ring (bicyclic) bond motifs is 3. The maximum Gasteiger partial charge on any atom is 0.407 e. The van der Waals surface area contributed by atoms with Gasteiger partial charge in [0.2, 0.25) is 0 Å². The number of benzene rings is 2. The van der Waals surface area contributed by atoms with E-state index >= 15 is 0 Å². The van der Waals surface area contributed by atoms with E-state index in [4.69, 9.17) is 14.6 Å². The van der Waals surface area contributed by atoms with Gasteiger partial charge in [-0.05, 0) is 22.3 Å². The second-order valence-electron chi connectivity index (χ2n) is 7.61. The summed E-state index contributed by atoms with van der Waals surface area (Å²) in [5.41, 5.74) is 4.31. The Morgan fingerprint density at radius 3 is 2.06 bits per heavy atom. The first kappa shape index (κ1) is 21.3. The third kappa shape index (κ3) is 4.00. The number of amides is 1. The van der Waals surface area contributed by atoms with E-state index in [2.05, 4.69) is 5.32 Å². The normalized spacial score (nSPS) is 27.3. The van der Waals surface area contributed by atoms with E-state index in [0.717, 1.165) is 22.3 Å². The standard InChI is InChI=1S/C22H23NO8/c24-17-16(31-20(21(27)28)19(26)18(17)25)9-23-22(29)30-10-15-13-7-3-1-5-11(13)12-6-2-4-8-14(12)15/h1-8,15-20,24-26H,9-10H2,(H,23,29)(H,27,28)/t16-,17+,18?,19+,20?/m0/s1. The van der Waals surface area contributed by atoms with Gasteiger partial charge in [-0.15, -0.1) is 0 Å². The van der Waals surface area contributed by atoms with Crippen LogP contribution in [0.3, 0.4) is 0 Å². The Balaban J connectivity index is 1.37. The number of rotatable bonds is 5. The summed E-state index contributed by atoms with van der Waals surface area (Å²) in [4.78, 5) is 23.4. The average Bonchev–Trinajstić information content (AvgIpc) is 3.09. The number of nitrogens with one attached hydrogen (secondary N) is 1. The van der Waals surface area contributed by atoms with E-state index in [-0.39, 0.29) is 19.1 Å². The van der Waals surface area contributed by atoms with Crippen molar-refractivity contribution in [3.05, 3.63) is 59.7 Å². The highest BCUT2D eigenvalue weighted by Crippen LogP contribution is 2.44. The van der Waals surface area contributed by atoms with Crippen LogP contribution in [0.4, 0.5) is 4.79 Å². The lowest BCUT2D eigenvalue weighted by Gasteiger charge is -2.38. The Labute approximate surface area is 177 Å². The van der Waals surface area contributed by atoms with Crippen LogP contribution in [0, 0.1) is 0 Å². The molecule has 0 aromatic heterocycles. The number of aliphatic hydroxyl groups excluding tert-OH is 3. The predicted octanol–water partition coefficient (Wildman–Crippen LogP) is 0.460. The van der Waals surface area contributed by atoms with Crippen LogP contribution in [-0.2, 0) is 14.3 Å². The maximum atomic E-state index is 12.2. The molecule has 0 radical (unpaired) electrons. The topological polar surface area (TPSA) is 146 Å². The molecule has 1 heterocycles. The van der Waals surface area contributed by atoms with Crippen LogP contribution in [0.5, 0.6) is 0 Å². The van der Waals surface area contributed by atoms with Crippen molar-refractivity contribution in [1.29, 1.82) is 0 Å². The SMILES string of the molecule is O=C(NC[C@@H]1OC(C(=O)O)[C@H](O)C(O)[C@@H]1O)OCC1c2ccccc2-c2ccccc21. The quantitative estimate of drug-likeness (QED) is 0.461. The second-order valence-corrected chi connectivity index (χ2v) is 7.61. The lowest BCUT2D eigenvalue weighted by atomic mass is 9.95. The van der Waals surface area contributed by atoms with Crippen LogP contribution >= 0.6 is 0 Å². The van der Waals surface area contributed by atoms with Gasteiger partial charge >= 0.3 is 12.1 Å². The Hall–Kier alpha value is -2.98. The first-order chi connectivity index (χ1) is 14.9. The Kier molecular flexibility index (Phi) is 5.92. The van der Waals surface area contributed by atoms with Crippen molar-refractivity contribution in [2.45, 2.75) is 36.4 Å². The molecule has 0 spiro atoms. The average molecular weight is 429 g/mol. The van der Waals surface area contributed by atoms with Crippen LogP contribution in [0.25, 0.3) is 11.1 Å². The molecule has 9 nitrogen and oxygen atoms in total. The zero-order chi connectivity index (χ0) is 22.1. The smallest absolute Gasteiger partial charge is 0.407 e. The number of ether oxygens (including phenoxy) is 2. The predicted molar refractivity (Wildman–Crippen MR) is 107 cm³/mol. The molecule has 2 aromatic carbocycles. The first-order valence-electron chi connectivity index (χ1n) is 9.89. The van der Waals surface area contributed by atoms with Crippen LogP contribution < -0.4 is 5.32 Å². The molecule has 31 heavy (non-hydrogen) atoms. The first-order valence-corrected chi connectivity index (χ1v) is 9.89. The Bertz CT molecular complexity index is 934. The van der Waals surface area contributed by atoms with E-state index in [1.807, 2.05) is 48.5 Å². The van der Waals surface area contributed by atoms with Gasteiger partial charge in [-0.25, -0.2) is 9.59 Å².